The zero-order chi connectivity index (χ0) is 13.1. The summed E-state index contributed by atoms with van der Waals surface area (Å²) in [4.78, 5) is 11.8. The van der Waals surface area contributed by atoms with Crippen LogP contribution in [0.3, 0.4) is 0 Å². The first-order chi connectivity index (χ1) is 7.80. The fourth-order valence-electron chi connectivity index (χ4n) is 0.968. The number of carbonyl (C=O) groups is 1. The first kappa shape index (κ1) is 13.9. The molecular formula is C13H17BrN2O. The van der Waals surface area contributed by atoms with Gasteiger partial charge in [-0.2, -0.15) is 5.10 Å². The topological polar surface area (TPSA) is 41.5 Å². The number of hydrogen-bond acceptors (Lipinski definition) is 2. The molecule has 0 aliphatic carbocycles. The van der Waals surface area contributed by atoms with Crippen LogP contribution in [0.25, 0.3) is 0 Å². The Labute approximate surface area is 110 Å². The molecule has 17 heavy (non-hydrogen) atoms. The molecule has 4 heteroatoms. The maximum atomic E-state index is 11.8. The Morgan fingerprint density at radius 3 is 2.24 bits per heavy atom. The SMILES string of the molecule is C/C(=N\NC(=O)c1ccc(Br)cc1)C(C)(C)C. The van der Waals surface area contributed by atoms with Gasteiger partial charge in [-0.1, -0.05) is 36.7 Å². The van der Waals surface area contributed by atoms with Crippen molar-refractivity contribution < 1.29 is 4.79 Å². The molecule has 0 spiro atoms. The summed E-state index contributed by atoms with van der Waals surface area (Å²) in [5, 5.41) is 4.10. The monoisotopic (exact) mass is 296 g/mol. The van der Waals surface area contributed by atoms with Crippen LogP contribution >= 0.6 is 15.9 Å². The molecule has 0 aromatic heterocycles. The number of nitrogens with zero attached hydrogens (tertiary/aromatic N) is 1. The van der Waals surface area contributed by atoms with Crippen molar-refractivity contribution in [3.05, 3.63) is 34.3 Å². The predicted molar refractivity (Wildman–Crippen MR) is 74.2 cm³/mol. The molecule has 92 valence electrons. The van der Waals surface area contributed by atoms with E-state index in [4.69, 9.17) is 0 Å². The van der Waals surface area contributed by atoms with Crippen molar-refractivity contribution in [2.45, 2.75) is 27.7 Å². The van der Waals surface area contributed by atoms with E-state index in [0.717, 1.165) is 10.2 Å². The Morgan fingerprint density at radius 1 is 1.24 bits per heavy atom. The minimum absolute atomic E-state index is 0.0347. The lowest BCUT2D eigenvalue weighted by Crippen LogP contribution is -2.24. The summed E-state index contributed by atoms with van der Waals surface area (Å²) in [7, 11) is 0. The number of benzene rings is 1. The summed E-state index contributed by atoms with van der Waals surface area (Å²) in [6.45, 7) is 8.06. The van der Waals surface area contributed by atoms with Crippen LogP contribution in [0, 0.1) is 5.41 Å². The lowest BCUT2D eigenvalue weighted by Gasteiger charge is -2.17. The Hall–Kier alpha value is -1.16. The molecule has 1 N–H and O–H groups in total. The van der Waals surface area contributed by atoms with Gasteiger partial charge in [0.25, 0.3) is 5.91 Å². The molecule has 0 saturated carbocycles. The lowest BCUT2D eigenvalue weighted by atomic mass is 9.91. The second-order valence-electron chi connectivity index (χ2n) is 4.90. The zero-order valence-electron chi connectivity index (χ0n) is 10.5. The minimum atomic E-state index is -0.193. The average molecular weight is 297 g/mol. The maximum Gasteiger partial charge on any atom is 0.271 e. The van der Waals surface area contributed by atoms with Gasteiger partial charge in [0.1, 0.15) is 0 Å². The van der Waals surface area contributed by atoms with E-state index >= 15 is 0 Å². The quantitative estimate of drug-likeness (QED) is 0.657. The summed E-state index contributed by atoms with van der Waals surface area (Å²) in [6, 6.07) is 7.16. The van der Waals surface area contributed by atoms with Gasteiger partial charge in [-0.05, 0) is 31.2 Å². The highest BCUT2D eigenvalue weighted by atomic mass is 79.9. The standard InChI is InChI=1S/C13H17BrN2O/c1-9(13(2,3)4)15-16-12(17)10-5-7-11(14)8-6-10/h5-8H,1-4H3,(H,16,17)/b15-9+. The normalized spacial score (nSPS) is 12.4. The molecule has 0 fully saturated rings. The molecule has 3 nitrogen and oxygen atoms in total. The van der Waals surface area contributed by atoms with Crippen molar-refractivity contribution >= 4 is 27.5 Å². The molecule has 0 aliphatic rings. The van der Waals surface area contributed by atoms with E-state index in [2.05, 4.69) is 47.2 Å². The summed E-state index contributed by atoms with van der Waals surface area (Å²) in [6.07, 6.45) is 0. The van der Waals surface area contributed by atoms with Crippen molar-refractivity contribution in [3.63, 3.8) is 0 Å². The summed E-state index contributed by atoms with van der Waals surface area (Å²) < 4.78 is 0.948. The lowest BCUT2D eigenvalue weighted by molar-refractivity contribution is 0.0954. The van der Waals surface area contributed by atoms with Gasteiger partial charge in [-0.25, -0.2) is 5.43 Å². The molecule has 1 amide bonds. The van der Waals surface area contributed by atoms with Gasteiger partial charge in [0.05, 0.1) is 0 Å². The van der Waals surface area contributed by atoms with Crippen LogP contribution in [0.4, 0.5) is 0 Å². The van der Waals surface area contributed by atoms with Gasteiger partial charge in [-0.15, -0.1) is 0 Å². The number of halogens is 1. The third kappa shape index (κ3) is 4.30. The minimum Gasteiger partial charge on any atom is -0.267 e. The van der Waals surface area contributed by atoms with Crippen LogP contribution in [-0.2, 0) is 0 Å². The first-order valence-corrected chi connectivity index (χ1v) is 6.20. The Balaban J connectivity index is 2.71. The zero-order valence-corrected chi connectivity index (χ0v) is 12.1. The van der Waals surface area contributed by atoms with E-state index in [0.29, 0.717) is 5.56 Å². The first-order valence-electron chi connectivity index (χ1n) is 5.41. The number of nitrogens with one attached hydrogen (secondary N) is 1. The van der Waals surface area contributed by atoms with Gasteiger partial charge >= 0.3 is 0 Å². The highest BCUT2D eigenvalue weighted by Gasteiger charge is 2.14. The largest absolute Gasteiger partial charge is 0.271 e. The van der Waals surface area contributed by atoms with Gasteiger partial charge in [0, 0.05) is 21.2 Å². The molecule has 0 unspecified atom stereocenters. The third-order valence-electron chi connectivity index (χ3n) is 2.52. The van der Waals surface area contributed by atoms with Crippen LogP contribution in [0.15, 0.2) is 33.8 Å². The molecule has 0 heterocycles. The molecule has 1 aromatic carbocycles. The van der Waals surface area contributed by atoms with Gasteiger partial charge in [0.2, 0.25) is 0 Å². The third-order valence-corrected chi connectivity index (χ3v) is 3.05. The highest BCUT2D eigenvalue weighted by Crippen LogP contribution is 2.15. The molecule has 0 atom stereocenters. The predicted octanol–water partition coefficient (Wildman–Crippen LogP) is 3.60. The summed E-state index contributed by atoms with van der Waals surface area (Å²) in [5.74, 6) is -0.193. The molecule has 0 radical (unpaired) electrons. The number of amides is 1. The molecule has 1 aromatic rings. The fraction of sp³-hybridized carbons (Fsp3) is 0.385. The van der Waals surface area contributed by atoms with Crippen molar-refractivity contribution in [3.8, 4) is 0 Å². The van der Waals surface area contributed by atoms with Crippen molar-refractivity contribution in [2.75, 3.05) is 0 Å². The van der Waals surface area contributed by atoms with Crippen LogP contribution in [0.2, 0.25) is 0 Å². The molecule has 0 bridgehead atoms. The smallest absolute Gasteiger partial charge is 0.267 e. The van der Waals surface area contributed by atoms with Crippen LogP contribution in [-0.4, -0.2) is 11.6 Å². The summed E-state index contributed by atoms with van der Waals surface area (Å²) >= 11 is 3.32. The average Bonchev–Trinajstić information content (AvgIpc) is 2.25. The van der Waals surface area contributed by atoms with Gasteiger partial charge in [0.15, 0.2) is 0 Å². The highest BCUT2D eigenvalue weighted by molar-refractivity contribution is 9.10. The van der Waals surface area contributed by atoms with E-state index in [-0.39, 0.29) is 11.3 Å². The van der Waals surface area contributed by atoms with Gasteiger partial charge < -0.3 is 0 Å². The van der Waals surface area contributed by atoms with Crippen LogP contribution in [0.1, 0.15) is 38.1 Å². The molecule has 1 rings (SSSR count). The number of hydrogen-bond donors (Lipinski definition) is 1. The van der Waals surface area contributed by atoms with Crippen molar-refractivity contribution in [1.82, 2.24) is 5.43 Å². The van der Waals surface area contributed by atoms with Crippen LogP contribution in [0.5, 0.6) is 0 Å². The fourth-order valence-corrected chi connectivity index (χ4v) is 1.23. The second-order valence-corrected chi connectivity index (χ2v) is 5.81. The molecule has 0 aliphatic heterocycles. The van der Waals surface area contributed by atoms with E-state index < -0.39 is 0 Å². The van der Waals surface area contributed by atoms with Gasteiger partial charge in [-0.3, -0.25) is 4.79 Å². The van der Waals surface area contributed by atoms with E-state index in [9.17, 15) is 4.79 Å². The van der Waals surface area contributed by atoms with Crippen LogP contribution < -0.4 is 5.43 Å². The second kappa shape index (κ2) is 5.45. The number of hydrazone groups is 1. The molecule has 0 saturated heterocycles. The Bertz CT molecular complexity index is 430. The number of rotatable bonds is 2. The molecular weight excluding hydrogens is 280 g/mol. The Kier molecular flexibility index (Phi) is 4.46. The van der Waals surface area contributed by atoms with Crippen molar-refractivity contribution in [2.24, 2.45) is 10.5 Å². The van der Waals surface area contributed by atoms with E-state index in [1.54, 1.807) is 12.1 Å². The maximum absolute atomic E-state index is 11.8. The number of carbonyl (C=O) groups excluding carboxylic acids is 1. The van der Waals surface area contributed by atoms with E-state index in [1.165, 1.54) is 0 Å². The van der Waals surface area contributed by atoms with Crippen molar-refractivity contribution in [1.29, 1.82) is 0 Å². The Morgan fingerprint density at radius 2 is 1.76 bits per heavy atom. The summed E-state index contributed by atoms with van der Waals surface area (Å²) in [5.41, 5.74) is 4.01. The van der Waals surface area contributed by atoms with E-state index in [1.807, 2.05) is 19.1 Å².